The minimum atomic E-state index is -3.85. The number of likely N-dealkylation sites (tertiary alicyclic amines) is 1. The Hall–Kier alpha value is -1.51. The average molecular weight is 413 g/mol. The second kappa shape index (κ2) is 8.47. The van der Waals surface area contributed by atoms with Crippen LogP contribution in [0, 0.1) is 5.82 Å². The van der Waals surface area contributed by atoms with Crippen LogP contribution >= 0.6 is 0 Å². The quantitative estimate of drug-likeness (QED) is 0.799. The number of sulfonamides is 1. The third kappa shape index (κ3) is 4.09. The number of hydrogen-bond acceptors (Lipinski definition) is 3. The van der Waals surface area contributed by atoms with Crippen LogP contribution in [0.2, 0.25) is 0 Å². The van der Waals surface area contributed by atoms with Gasteiger partial charge in [0.05, 0.1) is 26.2 Å². The number of rotatable bonds is 4. The number of piperazine rings is 1. The van der Waals surface area contributed by atoms with E-state index in [1.165, 1.54) is 22.5 Å². The Morgan fingerprint density at radius 3 is 2.29 bits per heavy atom. The number of halogens is 1. The van der Waals surface area contributed by atoms with Crippen LogP contribution in [-0.2, 0) is 14.8 Å². The monoisotopic (exact) mass is 412 g/mol. The minimum absolute atomic E-state index is 0.153. The van der Waals surface area contributed by atoms with Gasteiger partial charge < -0.3 is 9.80 Å². The van der Waals surface area contributed by atoms with Gasteiger partial charge in [-0.25, -0.2) is 12.8 Å². The van der Waals surface area contributed by atoms with Gasteiger partial charge in [0.2, 0.25) is 10.0 Å². The van der Waals surface area contributed by atoms with Crippen LogP contribution in [0.15, 0.2) is 29.2 Å². The fourth-order valence-electron chi connectivity index (χ4n) is 4.49. The van der Waals surface area contributed by atoms with Crippen LogP contribution in [0.25, 0.3) is 0 Å². The van der Waals surface area contributed by atoms with Crippen LogP contribution in [0.1, 0.15) is 40.0 Å². The second-order valence-electron chi connectivity index (χ2n) is 8.09. The molecule has 0 saturated carbocycles. The summed E-state index contributed by atoms with van der Waals surface area (Å²) in [5, 5.41) is 0. The third-order valence-corrected chi connectivity index (χ3v) is 8.18. The molecule has 1 aromatic carbocycles. The molecule has 28 heavy (non-hydrogen) atoms. The van der Waals surface area contributed by atoms with Crippen molar-refractivity contribution >= 4 is 15.9 Å². The van der Waals surface area contributed by atoms with Gasteiger partial charge in [0.25, 0.3) is 5.91 Å². The van der Waals surface area contributed by atoms with Gasteiger partial charge in [0.15, 0.2) is 6.04 Å². The Morgan fingerprint density at radius 1 is 1.14 bits per heavy atom. The maximum Gasteiger partial charge on any atom is 0.281 e. The molecule has 3 atom stereocenters. The first-order chi connectivity index (χ1) is 13.2. The highest BCUT2D eigenvalue weighted by Crippen LogP contribution is 2.23. The van der Waals surface area contributed by atoms with E-state index in [0.717, 1.165) is 30.2 Å². The van der Waals surface area contributed by atoms with Crippen molar-refractivity contribution in [1.29, 1.82) is 0 Å². The Kier molecular flexibility index (Phi) is 6.41. The van der Waals surface area contributed by atoms with Crippen molar-refractivity contribution in [1.82, 2.24) is 9.21 Å². The molecular formula is C20H31FN3O3S+. The zero-order chi connectivity index (χ0) is 20.5. The van der Waals surface area contributed by atoms with Crippen molar-refractivity contribution in [2.24, 2.45) is 0 Å². The highest BCUT2D eigenvalue weighted by atomic mass is 32.2. The molecule has 2 fully saturated rings. The number of piperidine rings is 1. The Labute approximate surface area is 167 Å². The Bertz CT molecular complexity index is 799. The summed E-state index contributed by atoms with van der Waals surface area (Å²) in [4.78, 5) is 15.9. The van der Waals surface area contributed by atoms with E-state index >= 15 is 0 Å². The summed E-state index contributed by atoms with van der Waals surface area (Å²) in [6.07, 6.45) is 3.22. The smallest absolute Gasteiger partial charge is 0.281 e. The van der Waals surface area contributed by atoms with Crippen molar-refractivity contribution < 1.29 is 22.5 Å². The number of benzene rings is 1. The number of hydrogen-bond donors (Lipinski definition) is 1. The van der Waals surface area contributed by atoms with Crippen molar-refractivity contribution in [3.8, 4) is 0 Å². The van der Waals surface area contributed by atoms with E-state index in [2.05, 4.69) is 13.8 Å². The summed E-state index contributed by atoms with van der Waals surface area (Å²) >= 11 is 0. The normalized spacial score (nSPS) is 26.2. The minimum Gasteiger partial charge on any atom is -0.332 e. The highest BCUT2D eigenvalue weighted by molar-refractivity contribution is 7.89. The fraction of sp³-hybridized carbons (Fsp3) is 0.650. The van der Waals surface area contributed by atoms with E-state index in [1.54, 1.807) is 0 Å². The first-order valence-electron chi connectivity index (χ1n) is 10.1. The number of quaternary nitrogens is 1. The number of nitrogens with zero attached hydrogens (tertiary/aromatic N) is 2. The van der Waals surface area contributed by atoms with E-state index in [1.807, 2.05) is 11.8 Å². The zero-order valence-corrected chi connectivity index (χ0v) is 17.7. The van der Waals surface area contributed by atoms with Crippen LogP contribution in [-0.4, -0.2) is 67.8 Å². The molecule has 0 spiro atoms. The Balaban J connectivity index is 1.65. The van der Waals surface area contributed by atoms with Crippen LogP contribution in [0.4, 0.5) is 4.39 Å². The summed E-state index contributed by atoms with van der Waals surface area (Å²) in [7, 11) is -3.85. The lowest BCUT2D eigenvalue weighted by atomic mass is 9.96. The number of carbonyl (C=O) groups is 1. The molecule has 8 heteroatoms. The molecule has 3 rings (SSSR count). The molecule has 1 N–H and O–H groups in total. The van der Waals surface area contributed by atoms with E-state index in [9.17, 15) is 17.6 Å². The lowest BCUT2D eigenvalue weighted by Gasteiger charge is -2.42. The van der Waals surface area contributed by atoms with Gasteiger partial charge in [-0.3, -0.25) is 4.79 Å². The standard InChI is InChI=1S/C20H30FN3O3S/c1-15-7-6-8-16(2)24(15)20(25)17(3)22-11-13-23(14-12-22)28(26,27)19-10-5-4-9-18(19)21/h4-5,9-10,15-17H,6-8,11-14H2,1-3H3/p+1/t15-,16+,17-/m1/s1. The Morgan fingerprint density at radius 2 is 1.71 bits per heavy atom. The molecule has 2 heterocycles. The van der Waals surface area contributed by atoms with Gasteiger partial charge in [-0.05, 0) is 52.2 Å². The number of carbonyl (C=O) groups excluding carboxylic acids is 1. The maximum atomic E-state index is 14.0. The first kappa shape index (κ1) is 21.2. The molecule has 2 aliphatic heterocycles. The summed E-state index contributed by atoms with van der Waals surface area (Å²) in [6.45, 7) is 7.80. The first-order valence-corrected chi connectivity index (χ1v) is 11.6. The fourth-order valence-corrected chi connectivity index (χ4v) is 6.00. The summed E-state index contributed by atoms with van der Waals surface area (Å²) in [5.41, 5.74) is 0. The molecule has 1 aromatic rings. The van der Waals surface area contributed by atoms with E-state index < -0.39 is 15.8 Å². The van der Waals surface area contributed by atoms with E-state index in [-0.39, 0.29) is 42.0 Å². The van der Waals surface area contributed by atoms with Crippen molar-refractivity contribution in [2.75, 3.05) is 26.2 Å². The van der Waals surface area contributed by atoms with Crippen LogP contribution in [0.3, 0.4) is 0 Å². The maximum absolute atomic E-state index is 14.0. The molecular weight excluding hydrogens is 381 g/mol. The van der Waals surface area contributed by atoms with Crippen molar-refractivity contribution in [3.05, 3.63) is 30.1 Å². The summed E-state index contributed by atoms with van der Waals surface area (Å²) in [5.74, 6) is -0.575. The van der Waals surface area contributed by atoms with Gasteiger partial charge in [-0.1, -0.05) is 12.1 Å². The SMILES string of the molecule is C[C@@H]1CCC[C@H](C)N1C(=O)[C@@H](C)[NH+]1CCN(S(=O)(=O)c2ccccc2F)CC1. The number of nitrogens with one attached hydrogen (secondary N) is 1. The van der Waals surface area contributed by atoms with Gasteiger partial charge in [0.1, 0.15) is 10.7 Å². The second-order valence-corrected chi connectivity index (χ2v) is 10.00. The van der Waals surface area contributed by atoms with Crippen molar-refractivity contribution in [3.63, 3.8) is 0 Å². The lowest BCUT2D eigenvalue weighted by Crippen LogP contribution is -3.19. The van der Waals surface area contributed by atoms with Gasteiger partial charge in [0, 0.05) is 12.1 Å². The third-order valence-electron chi connectivity index (χ3n) is 6.25. The number of amides is 1. The average Bonchev–Trinajstić information content (AvgIpc) is 2.67. The predicted octanol–water partition coefficient (Wildman–Crippen LogP) is 0.893. The largest absolute Gasteiger partial charge is 0.332 e. The van der Waals surface area contributed by atoms with Gasteiger partial charge in [-0.15, -0.1) is 0 Å². The van der Waals surface area contributed by atoms with E-state index in [4.69, 9.17) is 0 Å². The topological polar surface area (TPSA) is 62.1 Å². The molecule has 6 nitrogen and oxygen atoms in total. The molecule has 0 aliphatic carbocycles. The highest BCUT2D eigenvalue weighted by Gasteiger charge is 2.39. The lowest BCUT2D eigenvalue weighted by molar-refractivity contribution is -0.918. The molecule has 0 radical (unpaired) electrons. The molecule has 0 aromatic heterocycles. The van der Waals surface area contributed by atoms with Crippen molar-refractivity contribution in [2.45, 2.75) is 63.1 Å². The predicted molar refractivity (Wildman–Crippen MR) is 105 cm³/mol. The van der Waals surface area contributed by atoms with Crippen LogP contribution < -0.4 is 4.90 Å². The van der Waals surface area contributed by atoms with Gasteiger partial charge >= 0.3 is 0 Å². The molecule has 0 bridgehead atoms. The summed E-state index contributed by atoms with van der Waals surface area (Å²) in [6, 6.07) is 5.76. The van der Waals surface area contributed by atoms with Crippen LogP contribution in [0.5, 0.6) is 0 Å². The zero-order valence-electron chi connectivity index (χ0n) is 16.9. The molecule has 1 amide bonds. The molecule has 156 valence electrons. The van der Waals surface area contributed by atoms with E-state index in [0.29, 0.717) is 13.1 Å². The van der Waals surface area contributed by atoms with Gasteiger partial charge in [-0.2, -0.15) is 4.31 Å². The summed E-state index contributed by atoms with van der Waals surface area (Å²) < 4.78 is 40.8. The molecule has 0 unspecified atom stereocenters. The molecule has 2 saturated heterocycles. The molecule has 2 aliphatic rings.